The van der Waals surface area contributed by atoms with Crippen LogP contribution < -0.4 is 10.5 Å². The number of hydrogen-bond donors (Lipinski definition) is 1. The summed E-state index contributed by atoms with van der Waals surface area (Å²) in [6, 6.07) is 5.00. The fourth-order valence-electron chi connectivity index (χ4n) is 4.18. The summed E-state index contributed by atoms with van der Waals surface area (Å²) in [4.78, 5) is 34.1. The second kappa shape index (κ2) is 8.69. The molecule has 1 aliphatic carbocycles. The zero-order valence-corrected chi connectivity index (χ0v) is 17.7. The van der Waals surface area contributed by atoms with Gasteiger partial charge in [-0.25, -0.2) is 9.37 Å². The Morgan fingerprint density at radius 2 is 2.07 bits per heavy atom. The summed E-state index contributed by atoms with van der Waals surface area (Å²) < 4.78 is 18.9. The summed E-state index contributed by atoms with van der Waals surface area (Å²) in [5.74, 6) is -0.880. The molecule has 4 rings (SSSR count). The molecule has 1 fully saturated rings. The molecule has 0 bridgehead atoms. The van der Waals surface area contributed by atoms with Crippen molar-refractivity contribution in [1.29, 1.82) is 0 Å². The van der Waals surface area contributed by atoms with Crippen LogP contribution in [-0.2, 0) is 17.8 Å². The first-order valence-corrected chi connectivity index (χ1v) is 10.9. The first kappa shape index (κ1) is 20.7. The summed E-state index contributed by atoms with van der Waals surface area (Å²) in [7, 11) is 1.45. The Labute approximate surface area is 178 Å². The predicted molar refractivity (Wildman–Crippen MR) is 111 cm³/mol. The maximum Gasteiger partial charge on any atom is 0.277 e. The maximum atomic E-state index is 13.9. The Kier molecular flexibility index (Phi) is 6.01. The number of carbonyl (C=O) groups excluding carboxylic acids is 2. The number of benzene rings is 1. The summed E-state index contributed by atoms with van der Waals surface area (Å²) in [5, 5.41) is 0.288. The molecule has 7 nitrogen and oxygen atoms in total. The van der Waals surface area contributed by atoms with Crippen molar-refractivity contribution in [1.82, 2.24) is 14.8 Å². The monoisotopic (exact) mass is 432 g/mol. The fraction of sp³-hybridized carbons (Fsp3) is 0.476. The van der Waals surface area contributed by atoms with Gasteiger partial charge < -0.3 is 15.4 Å². The zero-order valence-electron chi connectivity index (χ0n) is 16.9. The summed E-state index contributed by atoms with van der Waals surface area (Å²) in [5.41, 5.74) is 6.99. The van der Waals surface area contributed by atoms with E-state index in [1.54, 1.807) is 6.07 Å². The molecule has 0 radical (unpaired) electrons. The molecular formula is C21H25FN4O3S. The molecular weight excluding hydrogens is 407 g/mol. The van der Waals surface area contributed by atoms with Gasteiger partial charge in [-0.2, -0.15) is 0 Å². The highest BCUT2D eigenvalue weighted by Gasteiger charge is 2.34. The standard InChI is InChI=1S/C21H25FN4O3S/c1-29-16-6-5-13(11-15(16)22)12-25-7-9-26(10-8-25)21(28)14-3-2-4-17-18(14)24-20(30-17)19(23)27/h5-6,11,14H,2-4,7-10,12H2,1H3,(H2,23,27). The zero-order chi connectivity index (χ0) is 21.3. The van der Waals surface area contributed by atoms with Gasteiger partial charge in [-0.1, -0.05) is 6.07 Å². The van der Waals surface area contributed by atoms with Crippen LogP contribution in [0.3, 0.4) is 0 Å². The Bertz CT molecular complexity index is 956. The Morgan fingerprint density at radius 1 is 1.30 bits per heavy atom. The first-order valence-electron chi connectivity index (χ1n) is 10.1. The van der Waals surface area contributed by atoms with Gasteiger partial charge in [0.15, 0.2) is 16.6 Å². The third-order valence-corrected chi connectivity index (χ3v) is 6.91. The lowest BCUT2D eigenvalue weighted by Gasteiger charge is -2.37. The third kappa shape index (κ3) is 4.17. The van der Waals surface area contributed by atoms with Crippen molar-refractivity contribution in [3.8, 4) is 5.75 Å². The van der Waals surface area contributed by atoms with E-state index in [0.717, 1.165) is 48.5 Å². The smallest absolute Gasteiger partial charge is 0.277 e. The second-order valence-corrected chi connectivity index (χ2v) is 8.79. The number of thiazole rings is 1. The van der Waals surface area contributed by atoms with Crippen LogP contribution in [0.2, 0.25) is 0 Å². The van der Waals surface area contributed by atoms with E-state index in [0.29, 0.717) is 19.6 Å². The maximum absolute atomic E-state index is 13.9. The Balaban J connectivity index is 1.37. The molecule has 160 valence electrons. The minimum atomic E-state index is -0.538. The predicted octanol–water partition coefficient (Wildman–Crippen LogP) is 2.15. The van der Waals surface area contributed by atoms with Crippen molar-refractivity contribution in [2.75, 3.05) is 33.3 Å². The van der Waals surface area contributed by atoms with E-state index >= 15 is 0 Å². The molecule has 0 spiro atoms. The van der Waals surface area contributed by atoms with E-state index in [1.807, 2.05) is 11.0 Å². The third-order valence-electron chi connectivity index (χ3n) is 5.77. The van der Waals surface area contributed by atoms with Crippen LogP contribution in [0.25, 0.3) is 0 Å². The van der Waals surface area contributed by atoms with Gasteiger partial charge >= 0.3 is 0 Å². The summed E-state index contributed by atoms with van der Waals surface area (Å²) in [6.07, 6.45) is 2.50. The molecule has 1 aromatic heterocycles. The minimum Gasteiger partial charge on any atom is -0.494 e. The van der Waals surface area contributed by atoms with E-state index in [4.69, 9.17) is 10.5 Å². The summed E-state index contributed by atoms with van der Waals surface area (Å²) in [6.45, 7) is 3.32. The number of halogens is 1. The average molecular weight is 433 g/mol. The van der Waals surface area contributed by atoms with Gasteiger partial charge in [0, 0.05) is 37.6 Å². The number of fused-ring (bicyclic) bond motifs is 1. The molecule has 2 heterocycles. The molecule has 1 saturated heterocycles. The Morgan fingerprint density at radius 3 is 2.73 bits per heavy atom. The van der Waals surface area contributed by atoms with E-state index in [1.165, 1.54) is 24.5 Å². The molecule has 1 unspecified atom stereocenters. The number of ether oxygens (including phenoxy) is 1. The summed E-state index contributed by atoms with van der Waals surface area (Å²) >= 11 is 1.31. The molecule has 2 aromatic rings. The SMILES string of the molecule is COc1ccc(CN2CCN(C(=O)C3CCCc4sc(C(N)=O)nc43)CC2)cc1F. The second-order valence-electron chi connectivity index (χ2n) is 7.71. The van der Waals surface area contributed by atoms with Gasteiger partial charge in [0.05, 0.1) is 18.7 Å². The van der Waals surface area contributed by atoms with E-state index in [9.17, 15) is 14.0 Å². The lowest BCUT2D eigenvalue weighted by atomic mass is 9.89. The highest BCUT2D eigenvalue weighted by Crippen LogP contribution is 2.36. The van der Waals surface area contributed by atoms with Crippen LogP contribution in [0.4, 0.5) is 4.39 Å². The average Bonchev–Trinajstić information content (AvgIpc) is 3.19. The van der Waals surface area contributed by atoms with Crippen molar-refractivity contribution in [2.24, 2.45) is 5.73 Å². The normalized spacial score (nSPS) is 19.4. The molecule has 30 heavy (non-hydrogen) atoms. The number of rotatable bonds is 5. The van der Waals surface area contributed by atoms with Crippen LogP contribution in [0, 0.1) is 5.82 Å². The van der Waals surface area contributed by atoms with E-state index in [-0.39, 0.29) is 28.4 Å². The van der Waals surface area contributed by atoms with E-state index in [2.05, 4.69) is 9.88 Å². The highest BCUT2D eigenvalue weighted by molar-refractivity contribution is 7.13. The van der Waals surface area contributed by atoms with E-state index < -0.39 is 5.91 Å². The van der Waals surface area contributed by atoms with Crippen LogP contribution in [0.1, 0.15) is 44.7 Å². The molecule has 1 aromatic carbocycles. The lowest BCUT2D eigenvalue weighted by Crippen LogP contribution is -2.49. The molecule has 2 N–H and O–H groups in total. The number of nitrogens with two attached hydrogens (primary N) is 1. The van der Waals surface area contributed by atoms with Gasteiger partial charge in [-0.15, -0.1) is 11.3 Å². The molecule has 2 amide bonds. The number of aryl methyl sites for hydroxylation is 1. The molecule has 2 aliphatic rings. The van der Waals surface area contributed by atoms with Crippen LogP contribution in [-0.4, -0.2) is 59.9 Å². The first-order chi connectivity index (χ1) is 14.5. The topological polar surface area (TPSA) is 88.8 Å². The van der Waals surface area contributed by atoms with Gasteiger partial charge in [0.2, 0.25) is 5.91 Å². The minimum absolute atomic E-state index is 0.0763. The number of piperazine rings is 1. The number of carbonyl (C=O) groups is 2. The highest BCUT2D eigenvalue weighted by atomic mass is 32.1. The number of methoxy groups -OCH3 is 1. The van der Waals surface area contributed by atoms with Crippen LogP contribution >= 0.6 is 11.3 Å². The Hall–Kier alpha value is -2.52. The fourth-order valence-corrected chi connectivity index (χ4v) is 5.19. The van der Waals surface area contributed by atoms with Crippen molar-refractivity contribution < 1.29 is 18.7 Å². The van der Waals surface area contributed by atoms with Crippen molar-refractivity contribution in [2.45, 2.75) is 31.7 Å². The molecule has 9 heteroatoms. The van der Waals surface area contributed by atoms with Crippen LogP contribution in [0.5, 0.6) is 5.75 Å². The van der Waals surface area contributed by atoms with Gasteiger partial charge in [0.1, 0.15) is 0 Å². The van der Waals surface area contributed by atoms with Crippen molar-refractivity contribution in [3.63, 3.8) is 0 Å². The van der Waals surface area contributed by atoms with Gasteiger partial charge in [-0.05, 0) is 37.0 Å². The van der Waals surface area contributed by atoms with Crippen molar-refractivity contribution >= 4 is 23.2 Å². The number of primary amides is 1. The van der Waals surface area contributed by atoms with Gasteiger partial charge in [-0.3, -0.25) is 14.5 Å². The molecule has 0 saturated carbocycles. The van der Waals surface area contributed by atoms with Crippen molar-refractivity contribution in [3.05, 3.63) is 45.2 Å². The number of hydrogen-bond acceptors (Lipinski definition) is 6. The number of nitrogens with zero attached hydrogens (tertiary/aromatic N) is 3. The quantitative estimate of drug-likeness (QED) is 0.782. The molecule has 1 atom stereocenters. The molecule has 1 aliphatic heterocycles. The van der Waals surface area contributed by atoms with Gasteiger partial charge in [0.25, 0.3) is 5.91 Å². The number of amides is 2. The number of aromatic nitrogens is 1. The lowest BCUT2D eigenvalue weighted by molar-refractivity contribution is -0.135. The largest absolute Gasteiger partial charge is 0.494 e. The van der Waals surface area contributed by atoms with Crippen LogP contribution in [0.15, 0.2) is 18.2 Å².